The van der Waals surface area contributed by atoms with Gasteiger partial charge in [-0.1, -0.05) is 27.2 Å². The molecule has 0 fully saturated rings. The molecule has 0 aromatic heterocycles. The molecule has 0 aliphatic carbocycles. The minimum Gasteiger partial charge on any atom is -0.481 e. The summed E-state index contributed by atoms with van der Waals surface area (Å²) in [4.78, 5) is 22.4. The molecule has 100 valence electrons. The van der Waals surface area contributed by atoms with Crippen LogP contribution in [-0.2, 0) is 9.59 Å². The molecule has 0 aliphatic rings. The standard InChI is InChI=1S/C12H24N2O3/c1-4-5-9(13)6-11(15)14-7-10(8(2)3)12(16)17/h8-10H,4-7,13H2,1-3H3,(H,14,15)(H,16,17). The summed E-state index contributed by atoms with van der Waals surface area (Å²) in [6.45, 7) is 5.84. The van der Waals surface area contributed by atoms with Gasteiger partial charge in [-0.3, -0.25) is 9.59 Å². The highest BCUT2D eigenvalue weighted by Crippen LogP contribution is 2.09. The van der Waals surface area contributed by atoms with Gasteiger partial charge in [0.25, 0.3) is 0 Å². The van der Waals surface area contributed by atoms with Crippen LogP contribution in [0.15, 0.2) is 0 Å². The van der Waals surface area contributed by atoms with E-state index in [2.05, 4.69) is 5.32 Å². The van der Waals surface area contributed by atoms with Crippen LogP contribution in [0.3, 0.4) is 0 Å². The Kier molecular flexibility index (Phi) is 7.54. The van der Waals surface area contributed by atoms with Crippen molar-refractivity contribution < 1.29 is 14.7 Å². The van der Waals surface area contributed by atoms with Gasteiger partial charge in [0.1, 0.15) is 0 Å². The van der Waals surface area contributed by atoms with E-state index in [4.69, 9.17) is 10.8 Å². The van der Waals surface area contributed by atoms with Crippen molar-refractivity contribution in [2.75, 3.05) is 6.54 Å². The summed E-state index contributed by atoms with van der Waals surface area (Å²) in [5.41, 5.74) is 5.73. The van der Waals surface area contributed by atoms with E-state index in [1.807, 2.05) is 20.8 Å². The molecular formula is C12H24N2O3. The molecule has 0 bridgehead atoms. The molecule has 0 saturated carbocycles. The Morgan fingerprint density at radius 1 is 1.35 bits per heavy atom. The average Bonchev–Trinajstić information content (AvgIpc) is 2.16. The first kappa shape index (κ1) is 15.9. The van der Waals surface area contributed by atoms with E-state index in [-0.39, 0.29) is 30.8 Å². The Morgan fingerprint density at radius 2 is 1.94 bits per heavy atom. The molecule has 2 unspecified atom stereocenters. The van der Waals surface area contributed by atoms with Crippen molar-refractivity contribution in [3.63, 3.8) is 0 Å². The first-order valence-corrected chi connectivity index (χ1v) is 6.13. The van der Waals surface area contributed by atoms with Crippen LogP contribution in [0.25, 0.3) is 0 Å². The summed E-state index contributed by atoms with van der Waals surface area (Å²) in [6.07, 6.45) is 2.01. The molecule has 2 atom stereocenters. The van der Waals surface area contributed by atoms with Crippen molar-refractivity contribution in [3.05, 3.63) is 0 Å². The zero-order valence-corrected chi connectivity index (χ0v) is 10.9. The highest BCUT2D eigenvalue weighted by Gasteiger charge is 2.22. The number of nitrogens with one attached hydrogen (secondary N) is 1. The lowest BCUT2D eigenvalue weighted by atomic mass is 9.96. The number of carboxylic acids is 1. The smallest absolute Gasteiger partial charge is 0.308 e. The Balaban J connectivity index is 4.01. The molecule has 0 aliphatic heterocycles. The fourth-order valence-electron chi connectivity index (χ4n) is 1.62. The summed E-state index contributed by atoms with van der Waals surface area (Å²) in [5.74, 6) is -1.59. The Hall–Kier alpha value is -1.10. The number of hydrogen-bond acceptors (Lipinski definition) is 3. The van der Waals surface area contributed by atoms with Gasteiger partial charge in [-0.05, 0) is 12.3 Å². The van der Waals surface area contributed by atoms with Gasteiger partial charge in [0.2, 0.25) is 5.91 Å². The predicted octanol–water partition coefficient (Wildman–Crippen LogP) is 0.977. The Bertz CT molecular complexity index is 254. The predicted molar refractivity (Wildman–Crippen MR) is 66.5 cm³/mol. The van der Waals surface area contributed by atoms with Crippen molar-refractivity contribution in [1.82, 2.24) is 5.32 Å². The summed E-state index contributed by atoms with van der Waals surface area (Å²) in [5, 5.41) is 11.6. The number of amides is 1. The second-order valence-corrected chi connectivity index (χ2v) is 4.75. The third-order valence-corrected chi connectivity index (χ3v) is 2.75. The molecular weight excluding hydrogens is 220 g/mol. The number of carboxylic acid groups (broad SMARTS) is 1. The van der Waals surface area contributed by atoms with Crippen LogP contribution in [0.4, 0.5) is 0 Å². The fourth-order valence-corrected chi connectivity index (χ4v) is 1.62. The zero-order chi connectivity index (χ0) is 13.4. The second kappa shape index (κ2) is 8.06. The molecule has 0 saturated heterocycles. The maximum absolute atomic E-state index is 11.5. The van der Waals surface area contributed by atoms with Crippen LogP contribution in [0.2, 0.25) is 0 Å². The molecule has 4 N–H and O–H groups in total. The van der Waals surface area contributed by atoms with E-state index in [1.165, 1.54) is 0 Å². The van der Waals surface area contributed by atoms with Crippen LogP contribution >= 0.6 is 0 Å². The van der Waals surface area contributed by atoms with Gasteiger partial charge in [-0.15, -0.1) is 0 Å². The lowest BCUT2D eigenvalue weighted by Crippen LogP contribution is -2.38. The highest BCUT2D eigenvalue weighted by atomic mass is 16.4. The lowest BCUT2D eigenvalue weighted by molar-refractivity contribution is -0.143. The molecule has 0 aromatic rings. The van der Waals surface area contributed by atoms with Crippen molar-refractivity contribution in [3.8, 4) is 0 Å². The third kappa shape index (κ3) is 6.94. The highest BCUT2D eigenvalue weighted by molar-refractivity contribution is 5.77. The summed E-state index contributed by atoms with van der Waals surface area (Å²) in [7, 11) is 0. The monoisotopic (exact) mass is 244 g/mol. The molecule has 0 spiro atoms. The molecule has 0 radical (unpaired) electrons. The van der Waals surface area contributed by atoms with Crippen LogP contribution in [0.5, 0.6) is 0 Å². The van der Waals surface area contributed by atoms with E-state index in [9.17, 15) is 9.59 Å². The minimum absolute atomic E-state index is 0.00267. The molecule has 0 rings (SSSR count). The maximum atomic E-state index is 11.5. The largest absolute Gasteiger partial charge is 0.481 e. The van der Waals surface area contributed by atoms with Crippen LogP contribution < -0.4 is 11.1 Å². The lowest BCUT2D eigenvalue weighted by Gasteiger charge is -2.17. The second-order valence-electron chi connectivity index (χ2n) is 4.75. The van der Waals surface area contributed by atoms with E-state index in [0.29, 0.717) is 0 Å². The average molecular weight is 244 g/mol. The molecule has 5 nitrogen and oxygen atoms in total. The van der Waals surface area contributed by atoms with Crippen LogP contribution in [0, 0.1) is 11.8 Å². The fraction of sp³-hybridized carbons (Fsp3) is 0.833. The van der Waals surface area contributed by atoms with Crippen LogP contribution in [-0.4, -0.2) is 29.6 Å². The first-order chi connectivity index (χ1) is 7.88. The third-order valence-electron chi connectivity index (χ3n) is 2.75. The van der Waals surface area contributed by atoms with Gasteiger partial charge < -0.3 is 16.2 Å². The van der Waals surface area contributed by atoms with Gasteiger partial charge >= 0.3 is 5.97 Å². The molecule has 0 heterocycles. The van der Waals surface area contributed by atoms with E-state index in [0.717, 1.165) is 12.8 Å². The molecule has 17 heavy (non-hydrogen) atoms. The molecule has 0 aromatic carbocycles. The number of hydrogen-bond donors (Lipinski definition) is 3. The quantitative estimate of drug-likeness (QED) is 0.593. The normalized spacial score (nSPS) is 14.4. The SMILES string of the molecule is CCCC(N)CC(=O)NCC(C(=O)O)C(C)C. The van der Waals surface area contributed by atoms with Gasteiger partial charge in [0.05, 0.1) is 5.92 Å². The summed E-state index contributed by atoms with van der Waals surface area (Å²) >= 11 is 0. The number of carbonyl (C=O) groups excluding carboxylic acids is 1. The van der Waals surface area contributed by atoms with Crippen molar-refractivity contribution >= 4 is 11.9 Å². The summed E-state index contributed by atoms with van der Waals surface area (Å²) in [6, 6.07) is -0.137. The van der Waals surface area contributed by atoms with Crippen molar-refractivity contribution in [1.29, 1.82) is 0 Å². The van der Waals surface area contributed by atoms with E-state index < -0.39 is 11.9 Å². The molecule has 1 amide bonds. The zero-order valence-electron chi connectivity index (χ0n) is 10.9. The van der Waals surface area contributed by atoms with Crippen molar-refractivity contribution in [2.45, 2.75) is 46.1 Å². The van der Waals surface area contributed by atoms with Gasteiger partial charge in [0, 0.05) is 19.0 Å². The van der Waals surface area contributed by atoms with E-state index >= 15 is 0 Å². The van der Waals surface area contributed by atoms with Gasteiger partial charge in [0.15, 0.2) is 0 Å². The first-order valence-electron chi connectivity index (χ1n) is 6.13. The number of rotatable bonds is 8. The van der Waals surface area contributed by atoms with Crippen LogP contribution in [0.1, 0.15) is 40.0 Å². The number of carbonyl (C=O) groups is 2. The van der Waals surface area contributed by atoms with Crippen molar-refractivity contribution in [2.24, 2.45) is 17.6 Å². The summed E-state index contributed by atoms with van der Waals surface area (Å²) < 4.78 is 0. The maximum Gasteiger partial charge on any atom is 0.308 e. The Labute approximate surface area is 103 Å². The number of aliphatic carboxylic acids is 1. The Morgan fingerprint density at radius 3 is 2.35 bits per heavy atom. The topological polar surface area (TPSA) is 92.4 Å². The van der Waals surface area contributed by atoms with E-state index in [1.54, 1.807) is 0 Å². The minimum atomic E-state index is -0.877. The van der Waals surface area contributed by atoms with Gasteiger partial charge in [-0.25, -0.2) is 0 Å². The molecule has 5 heteroatoms. The number of nitrogens with two attached hydrogens (primary N) is 1. The van der Waals surface area contributed by atoms with Gasteiger partial charge in [-0.2, -0.15) is 0 Å².